The highest BCUT2D eigenvalue weighted by Crippen LogP contribution is 2.29. The smallest absolute Gasteiger partial charge is 0.180 e. The summed E-state index contributed by atoms with van der Waals surface area (Å²) >= 11 is 1.46. The minimum atomic E-state index is 0.570. The first-order chi connectivity index (χ1) is 9.72. The van der Waals surface area contributed by atoms with Crippen molar-refractivity contribution in [1.29, 1.82) is 0 Å². The average Bonchev–Trinajstić information content (AvgIpc) is 2.79. The topological polar surface area (TPSA) is 64.7 Å². The van der Waals surface area contributed by atoms with Crippen LogP contribution in [0.1, 0.15) is 17.1 Å². The molecule has 2 N–H and O–H groups in total. The molecule has 20 heavy (non-hydrogen) atoms. The Balaban J connectivity index is 1.92. The van der Waals surface area contributed by atoms with Gasteiger partial charge >= 0.3 is 0 Å². The van der Waals surface area contributed by atoms with Crippen LogP contribution in [-0.2, 0) is 6.42 Å². The standard InChI is InChI=1S/C15H14N4S/c1-10-14(20-15(16)18-10)12-7-8-17-13(19-12)9-11-5-3-2-4-6-11/h2-8H,9H2,1H3,(H2,16,18). The SMILES string of the molecule is Cc1nc(N)sc1-c1ccnc(Cc2ccccc2)n1. The van der Waals surface area contributed by atoms with Crippen molar-refractivity contribution in [3.8, 4) is 10.6 Å². The van der Waals surface area contributed by atoms with Crippen molar-refractivity contribution >= 4 is 16.5 Å². The van der Waals surface area contributed by atoms with Crippen LogP contribution in [0.4, 0.5) is 5.13 Å². The van der Waals surface area contributed by atoms with Gasteiger partial charge in [-0.1, -0.05) is 41.7 Å². The summed E-state index contributed by atoms with van der Waals surface area (Å²) in [7, 11) is 0. The Bertz CT molecular complexity index is 722. The van der Waals surface area contributed by atoms with Crippen LogP contribution in [0, 0.1) is 6.92 Å². The largest absolute Gasteiger partial charge is 0.375 e. The summed E-state index contributed by atoms with van der Waals surface area (Å²) in [6.07, 6.45) is 2.51. The van der Waals surface area contributed by atoms with Gasteiger partial charge in [-0.05, 0) is 18.6 Å². The molecule has 0 aliphatic heterocycles. The Labute approximate surface area is 121 Å². The molecule has 4 nitrogen and oxygen atoms in total. The second-order valence-electron chi connectivity index (χ2n) is 4.49. The third kappa shape index (κ3) is 2.67. The van der Waals surface area contributed by atoms with Crippen molar-refractivity contribution in [3.63, 3.8) is 0 Å². The number of rotatable bonds is 3. The number of nitrogens with zero attached hydrogens (tertiary/aromatic N) is 3. The summed E-state index contributed by atoms with van der Waals surface area (Å²) in [6, 6.07) is 12.1. The molecule has 1 aromatic carbocycles. The molecule has 100 valence electrons. The molecule has 5 heteroatoms. The second-order valence-corrected chi connectivity index (χ2v) is 5.52. The molecule has 0 radical (unpaired) electrons. The average molecular weight is 282 g/mol. The molecule has 0 unspecified atom stereocenters. The number of aromatic nitrogens is 3. The van der Waals surface area contributed by atoms with Crippen LogP contribution in [0.2, 0.25) is 0 Å². The molecule has 0 saturated carbocycles. The molecular formula is C15H14N4S. The van der Waals surface area contributed by atoms with Gasteiger partial charge in [-0.3, -0.25) is 0 Å². The zero-order valence-corrected chi connectivity index (χ0v) is 11.9. The lowest BCUT2D eigenvalue weighted by Crippen LogP contribution is -1.97. The van der Waals surface area contributed by atoms with Gasteiger partial charge < -0.3 is 5.73 Å². The van der Waals surface area contributed by atoms with Crippen molar-refractivity contribution in [1.82, 2.24) is 15.0 Å². The Hall–Kier alpha value is -2.27. The Morgan fingerprint density at radius 2 is 1.90 bits per heavy atom. The minimum Gasteiger partial charge on any atom is -0.375 e. The van der Waals surface area contributed by atoms with Crippen LogP contribution in [0.3, 0.4) is 0 Å². The van der Waals surface area contributed by atoms with Crippen molar-refractivity contribution in [2.45, 2.75) is 13.3 Å². The molecule has 3 rings (SSSR count). The molecule has 3 aromatic rings. The zero-order valence-electron chi connectivity index (χ0n) is 11.1. The third-order valence-electron chi connectivity index (χ3n) is 2.96. The lowest BCUT2D eigenvalue weighted by molar-refractivity contribution is 0.972. The lowest BCUT2D eigenvalue weighted by Gasteiger charge is -2.03. The highest BCUT2D eigenvalue weighted by molar-refractivity contribution is 7.18. The van der Waals surface area contributed by atoms with E-state index >= 15 is 0 Å². The summed E-state index contributed by atoms with van der Waals surface area (Å²) in [6.45, 7) is 1.95. The molecule has 0 spiro atoms. The third-order valence-corrected chi connectivity index (χ3v) is 3.97. The van der Waals surface area contributed by atoms with Gasteiger partial charge in [0, 0.05) is 12.6 Å². The molecule has 0 amide bonds. The number of hydrogen-bond acceptors (Lipinski definition) is 5. The molecule has 0 aliphatic rings. The van der Waals surface area contributed by atoms with Crippen LogP contribution < -0.4 is 5.73 Å². The van der Waals surface area contributed by atoms with E-state index in [4.69, 9.17) is 5.73 Å². The van der Waals surface area contributed by atoms with E-state index in [1.165, 1.54) is 16.9 Å². The minimum absolute atomic E-state index is 0.570. The maximum absolute atomic E-state index is 5.74. The highest BCUT2D eigenvalue weighted by atomic mass is 32.1. The monoisotopic (exact) mass is 282 g/mol. The quantitative estimate of drug-likeness (QED) is 0.801. The van der Waals surface area contributed by atoms with E-state index in [0.29, 0.717) is 5.13 Å². The fourth-order valence-corrected chi connectivity index (χ4v) is 2.85. The van der Waals surface area contributed by atoms with E-state index in [9.17, 15) is 0 Å². The Morgan fingerprint density at radius 1 is 1.10 bits per heavy atom. The first-order valence-corrected chi connectivity index (χ1v) is 7.13. The van der Waals surface area contributed by atoms with Gasteiger partial charge in [-0.15, -0.1) is 0 Å². The molecule has 0 saturated heterocycles. The van der Waals surface area contributed by atoms with Crippen molar-refractivity contribution in [3.05, 3.63) is 59.7 Å². The number of nitrogens with two attached hydrogens (primary N) is 1. The predicted octanol–water partition coefficient (Wildman–Crippen LogP) is 3.08. The van der Waals surface area contributed by atoms with Crippen LogP contribution in [-0.4, -0.2) is 15.0 Å². The fourth-order valence-electron chi connectivity index (χ4n) is 2.04. The maximum atomic E-state index is 5.74. The van der Waals surface area contributed by atoms with E-state index < -0.39 is 0 Å². The van der Waals surface area contributed by atoms with Gasteiger partial charge in [0.2, 0.25) is 0 Å². The molecule has 0 aliphatic carbocycles. The van der Waals surface area contributed by atoms with Crippen molar-refractivity contribution < 1.29 is 0 Å². The van der Waals surface area contributed by atoms with Crippen LogP contribution >= 0.6 is 11.3 Å². The van der Waals surface area contributed by atoms with Crippen molar-refractivity contribution in [2.24, 2.45) is 0 Å². The first kappa shape index (κ1) is 12.7. The second kappa shape index (κ2) is 5.38. The van der Waals surface area contributed by atoms with E-state index in [1.54, 1.807) is 6.20 Å². The molecule has 2 heterocycles. The number of thiazole rings is 1. The Morgan fingerprint density at radius 3 is 2.60 bits per heavy atom. The van der Waals surface area contributed by atoms with Crippen LogP contribution in [0.25, 0.3) is 10.6 Å². The molecule has 0 atom stereocenters. The van der Waals surface area contributed by atoms with Gasteiger partial charge in [0.05, 0.1) is 16.3 Å². The first-order valence-electron chi connectivity index (χ1n) is 6.31. The summed E-state index contributed by atoms with van der Waals surface area (Å²) in [5.74, 6) is 0.806. The number of hydrogen-bond donors (Lipinski definition) is 1. The van der Waals surface area contributed by atoms with E-state index in [-0.39, 0.29) is 0 Å². The molecule has 2 aromatic heterocycles. The van der Waals surface area contributed by atoms with E-state index in [1.807, 2.05) is 31.2 Å². The number of benzene rings is 1. The summed E-state index contributed by atoms with van der Waals surface area (Å²) < 4.78 is 0. The normalized spacial score (nSPS) is 10.7. The maximum Gasteiger partial charge on any atom is 0.180 e. The van der Waals surface area contributed by atoms with Gasteiger partial charge in [0.25, 0.3) is 0 Å². The number of anilines is 1. The number of nitrogen functional groups attached to an aromatic ring is 1. The van der Waals surface area contributed by atoms with E-state index in [0.717, 1.165) is 28.5 Å². The lowest BCUT2D eigenvalue weighted by atomic mass is 10.1. The zero-order chi connectivity index (χ0) is 13.9. The van der Waals surface area contributed by atoms with Crippen LogP contribution in [0.15, 0.2) is 42.6 Å². The van der Waals surface area contributed by atoms with Gasteiger partial charge in [-0.2, -0.15) is 0 Å². The van der Waals surface area contributed by atoms with Gasteiger partial charge in [0.15, 0.2) is 5.13 Å². The Kier molecular flexibility index (Phi) is 3.43. The highest BCUT2D eigenvalue weighted by Gasteiger charge is 2.10. The molecular weight excluding hydrogens is 268 g/mol. The van der Waals surface area contributed by atoms with Gasteiger partial charge in [0.1, 0.15) is 5.82 Å². The fraction of sp³-hybridized carbons (Fsp3) is 0.133. The summed E-state index contributed by atoms with van der Waals surface area (Å²) in [5, 5.41) is 0.570. The van der Waals surface area contributed by atoms with Crippen molar-refractivity contribution in [2.75, 3.05) is 5.73 Å². The summed E-state index contributed by atoms with van der Waals surface area (Å²) in [4.78, 5) is 14.2. The molecule has 0 bridgehead atoms. The van der Waals surface area contributed by atoms with Gasteiger partial charge in [-0.25, -0.2) is 15.0 Å². The molecule has 0 fully saturated rings. The van der Waals surface area contributed by atoms with Crippen LogP contribution in [0.5, 0.6) is 0 Å². The van der Waals surface area contributed by atoms with E-state index in [2.05, 4.69) is 27.1 Å². The predicted molar refractivity (Wildman–Crippen MR) is 81.5 cm³/mol. The number of aryl methyl sites for hydroxylation is 1. The summed E-state index contributed by atoms with van der Waals surface area (Å²) in [5.41, 5.74) is 8.74.